The van der Waals surface area contributed by atoms with Crippen LogP contribution in [0.15, 0.2) is 53.9 Å². The molecule has 2 N–H and O–H groups in total. The minimum Gasteiger partial charge on any atom is -0.506 e. The van der Waals surface area contributed by atoms with Crippen LogP contribution in [0.4, 0.5) is 0 Å². The minimum absolute atomic E-state index is 0.0385. The molecule has 0 spiro atoms. The molecular weight excluding hydrogens is 338 g/mol. The van der Waals surface area contributed by atoms with Gasteiger partial charge in [-0.15, -0.1) is 11.3 Å². The predicted octanol–water partition coefficient (Wildman–Crippen LogP) is 3.47. The number of aromatic hydroxyl groups is 1. The molecule has 1 atom stereocenters. The fraction of sp³-hybridized carbons (Fsp3) is 0.158. The Bertz CT molecular complexity index is 905. The fourth-order valence-electron chi connectivity index (χ4n) is 2.43. The number of nitrogens with one attached hydrogen (secondary N) is 1. The fourth-order valence-corrected chi connectivity index (χ4v) is 3.07. The minimum atomic E-state index is -0.960. The van der Waals surface area contributed by atoms with E-state index in [9.17, 15) is 14.7 Å². The summed E-state index contributed by atoms with van der Waals surface area (Å²) in [4.78, 5) is 25.4. The molecule has 25 heavy (non-hydrogen) atoms. The number of carbonyl (C=O) groups is 2. The molecule has 0 saturated heterocycles. The van der Waals surface area contributed by atoms with Crippen LogP contribution in [0.1, 0.15) is 22.2 Å². The van der Waals surface area contributed by atoms with E-state index in [1.165, 1.54) is 24.3 Å². The highest BCUT2D eigenvalue weighted by Crippen LogP contribution is 2.29. The number of rotatable bonds is 5. The Hall–Kier alpha value is -2.86. The number of hydrogen-bond acceptors (Lipinski definition) is 5. The number of amides is 1. The topological polar surface area (TPSA) is 75.6 Å². The van der Waals surface area contributed by atoms with Crippen molar-refractivity contribution in [3.8, 4) is 5.75 Å². The lowest BCUT2D eigenvalue weighted by molar-refractivity contribution is -0.129. The number of phenols is 1. The standard InChI is InChI=1S/C19H17NO4S/c1-12(18(22)20-11-14-6-4-10-25-14)24-19(23)16-9-8-13-5-2-3-7-15(13)17(16)21/h2-10,12,21H,11H2,1H3,(H,20,22)/t12-/m1/s1. The number of benzene rings is 2. The maximum absolute atomic E-state index is 12.3. The summed E-state index contributed by atoms with van der Waals surface area (Å²) in [5, 5.41) is 16.3. The van der Waals surface area contributed by atoms with Crippen molar-refractivity contribution < 1.29 is 19.4 Å². The summed E-state index contributed by atoms with van der Waals surface area (Å²) in [6.07, 6.45) is -0.960. The average Bonchev–Trinajstić information content (AvgIpc) is 3.13. The maximum Gasteiger partial charge on any atom is 0.342 e. The van der Waals surface area contributed by atoms with Gasteiger partial charge in [0.15, 0.2) is 6.10 Å². The summed E-state index contributed by atoms with van der Waals surface area (Å²) in [6.45, 7) is 1.89. The van der Waals surface area contributed by atoms with Gasteiger partial charge in [-0.1, -0.05) is 36.4 Å². The predicted molar refractivity (Wildman–Crippen MR) is 96.7 cm³/mol. The lowest BCUT2D eigenvalue weighted by atomic mass is 10.1. The molecule has 0 aliphatic heterocycles. The first-order valence-electron chi connectivity index (χ1n) is 7.78. The van der Waals surface area contributed by atoms with Gasteiger partial charge in [0.1, 0.15) is 11.3 Å². The Morgan fingerprint density at radius 3 is 2.72 bits per heavy atom. The van der Waals surface area contributed by atoms with Crippen molar-refractivity contribution >= 4 is 34.0 Å². The van der Waals surface area contributed by atoms with Crippen LogP contribution in [-0.2, 0) is 16.1 Å². The zero-order valence-corrected chi connectivity index (χ0v) is 14.4. The number of carbonyl (C=O) groups excluding carboxylic acids is 2. The van der Waals surface area contributed by atoms with Crippen LogP contribution in [0.2, 0.25) is 0 Å². The largest absolute Gasteiger partial charge is 0.506 e. The molecule has 0 aliphatic rings. The van der Waals surface area contributed by atoms with Crippen molar-refractivity contribution in [2.24, 2.45) is 0 Å². The van der Waals surface area contributed by atoms with Gasteiger partial charge in [0, 0.05) is 10.3 Å². The van der Waals surface area contributed by atoms with E-state index in [-0.39, 0.29) is 17.2 Å². The van der Waals surface area contributed by atoms with Gasteiger partial charge >= 0.3 is 5.97 Å². The molecule has 1 heterocycles. The summed E-state index contributed by atoms with van der Waals surface area (Å²) in [6, 6.07) is 14.2. The first-order chi connectivity index (χ1) is 12.1. The molecule has 6 heteroatoms. The van der Waals surface area contributed by atoms with Gasteiger partial charge < -0.3 is 15.2 Å². The second-order valence-electron chi connectivity index (χ2n) is 5.53. The van der Waals surface area contributed by atoms with Crippen LogP contribution < -0.4 is 5.32 Å². The Labute approximate surface area is 148 Å². The molecule has 0 unspecified atom stereocenters. The third-order valence-electron chi connectivity index (χ3n) is 3.79. The lowest BCUT2D eigenvalue weighted by Gasteiger charge is -2.14. The van der Waals surface area contributed by atoms with Crippen molar-refractivity contribution in [2.75, 3.05) is 0 Å². The van der Waals surface area contributed by atoms with E-state index in [1.54, 1.807) is 18.2 Å². The van der Waals surface area contributed by atoms with Gasteiger partial charge in [-0.25, -0.2) is 4.79 Å². The highest BCUT2D eigenvalue weighted by molar-refractivity contribution is 7.09. The Morgan fingerprint density at radius 2 is 1.96 bits per heavy atom. The molecule has 0 bridgehead atoms. The van der Waals surface area contributed by atoms with E-state index in [4.69, 9.17) is 4.74 Å². The van der Waals surface area contributed by atoms with Crippen molar-refractivity contribution in [1.82, 2.24) is 5.32 Å². The first-order valence-corrected chi connectivity index (χ1v) is 8.66. The third kappa shape index (κ3) is 3.80. The van der Waals surface area contributed by atoms with Crippen molar-refractivity contribution in [2.45, 2.75) is 19.6 Å². The summed E-state index contributed by atoms with van der Waals surface area (Å²) in [7, 11) is 0. The van der Waals surface area contributed by atoms with E-state index in [0.29, 0.717) is 11.9 Å². The van der Waals surface area contributed by atoms with E-state index in [1.807, 2.05) is 29.6 Å². The van der Waals surface area contributed by atoms with Gasteiger partial charge in [0.2, 0.25) is 0 Å². The summed E-state index contributed by atoms with van der Waals surface area (Å²) < 4.78 is 5.19. The van der Waals surface area contributed by atoms with Gasteiger partial charge in [-0.05, 0) is 29.8 Å². The average molecular weight is 355 g/mol. The molecule has 1 aromatic heterocycles. The van der Waals surface area contributed by atoms with Crippen molar-refractivity contribution in [3.05, 3.63) is 64.4 Å². The lowest BCUT2D eigenvalue weighted by Crippen LogP contribution is -2.35. The molecule has 0 radical (unpaired) electrons. The van der Waals surface area contributed by atoms with Gasteiger partial charge in [-0.3, -0.25) is 4.79 Å². The number of hydrogen-bond donors (Lipinski definition) is 2. The van der Waals surface area contributed by atoms with E-state index >= 15 is 0 Å². The molecule has 3 aromatic rings. The Balaban J connectivity index is 1.67. The van der Waals surface area contributed by atoms with Crippen LogP contribution in [0.3, 0.4) is 0 Å². The number of ether oxygens (including phenoxy) is 1. The van der Waals surface area contributed by atoms with Gasteiger partial charge in [-0.2, -0.15) is 0 Å². The number of esters is 1. The zero-order valence-electron chi connectivity index (χ0n) is 13.6. The van der Waals surface area contributed by atoms with E-state index < -0.39 is 12.1 Å². The van der Waals surface area contributed by atoms with Crippen LogP contribution in [0.25, 0.3) is 10.8 Å². The SMILES string of the molecule is C[C@@H](OC(=O)c1ccc2ccccc2c1O)C(=O)NCc1cccs1. The molecule has 0 aliphatic carbocycles. The smallest absolute Gasteiger partial charge is 0.342 e. The van der Waals surface area contributed by atoms with Crippen molar-refractivity contribution in [3.63, 3.8) is 0 Å². The molecule has 5 nitrogen and oxygen atoms in total. The molecule has 3 rings (SSSR count). The Morgan fingerprint density at radius 1 is 1.16 bits per heavy atom. The molecule has 1 amide bonds. The monoisotopic (exact) mass is 355 g/mol. The second-order valence-corrected chi connectivity index (χ2v) is 6.56. The summed E-state index contributed by atoms with van der Waals surface area (Å²) in [5.41, 5.74) is 0.0385. The van der Waals surface area contributed by atoms with Crippen LogP contribution in [0.5, 0.6) is 5.75 Å². The Kier molecular flexibility index (Phi) is 5.00. The number of fused-ring (bicyclic) bond motifs is 1. The first kappa shape index (κ1) is 17.0. The quantitative estimate of drug-likeness (QED) is 0.687. The van der Waals surface area contributed by atoms with Crippen LogP contribution in [-0.4, -0.2) is 23.1 Å². The van der Waals surface area contributed by atoms with Crippen LogP contribution >= 0.6 is 11.3 Å². The van der Waals surface area contributed by atoms with E-state index in [0.717, 1.165) is 10.3 Å². The van der Waals surface area contributed by atoms with Gasteiger partial charge in [0.05, 0.1) is 6.54 Å². The normalized spacial score (nSPS) is 11.9. The van der Waals surface area contributed by atoms with Crippen LogP contribution in [0, 0.1) is 0 Å². The van der Waals surface area contributed by atoms with E-state index in [2.05, 4.69) is 5.32 Å². The maximum atomic E-state index is 12.3. The third-order valence-corrected chi connectivity index (χ3v) is 4.67. The molecule has 0 saturated carbocycles. The zero-order chi connectivity index (χ0) is 17.8. The number of phenolic OH excluding ortho intramolecular Hbond substituents is 1. The molecule has 2 aromatic carbocycles. The number of thiophene rings is 1. The second kappa shape index (κ2) is 7.36. The van der Waals surface area contributed by atoms with Crippen molar-refractivity contribution in [1.29, 1.82) is 0 Å². The highest BCUT2D eigenvalue weighted by atomic mass is 32.1. The molecule has 128 valence electrons. The molecular formula is C19H17NO4S. The van der Waals surface area contributed by atoms with Gasteiger partial charge in [0.25, 0.3) is 5.91 Å². The molecule has 0 fully saturated rings. The highest BCUT2D eigenvalue weighted by Gasteiger charge is 2.21. The summed E-state index contributed by atoms with van der Waals surface area (Å²) >= 11 is 1.53. The summed E-state index contributed by atoms with van der Waals surface area (Å²) in [5.74, 6) is -1.27.